The number of nitrogens with one attached hydrogen (secondary N) is 1. The highest BCUT2D eigenvalue weighted by Gasteiger charge is 2.32. The van der Waals surface area contributed by atoms with Crippen LogP contribution in [0.15, 0.2) is 12.1 Å². The van der Waals surface area contributed by atoms with Gasteiger partial charge in [-0.15, -0.1) is 0 Å². The number of benzene rings is 1. The number of rotatable bonds is 2. The van der Waals surface area contributed by atoms with Crippen molar-refractivity contribution in [2.24, 2.45) is 0 Å². The fourth-order valence-corrected chi connectivity index (χ4v) is 2.15. The summed E-state index contributed by atoms with van der Waals surface area (Å²) in [4.78, 5) is 0. The minimum Gasteiger partial charge on any atom is -0.488 e. The second kappa shape index (κ2) is 3.81. The molecule has 0 spiro atoms. The Kier molecular flexibility index (Phi) is 2.65. The maximum Gasteiger partial charge on any atom is 0.127 e. The van der Waals surface area contributed by atoms with E-state index in [1.165, 1.54) is 6.07 Å². The van der Waals surface area contributed by atoms with Crippen molar-refractivity contribution in [3.8, 4) is 5.75 Å². The Balaban J connectivity index is 2.43. The molecule has 1 N–H and O–H groups in total. The van der Waals surface area contributed by atoms with Crippen molar-refractivity contribution < 1.29 is 9.13 Å². The van der Waals surface area contributed by atoms with Gasteiger partial charge in [-0.2, -0.15) is 0 Å². The van der Waals surface area contributed by atoms with Gasteiger partial charge in [0.1, 0.15) is 17.7 Å². The number of halogens is 1. The standard InChI is InChI=1S/C12H16FNO/c1-4-14-11-8(3)15-12-7(2)5-9(13)6-10(11)12/h5-6,8,11,14H,4H2,1-3H3. The fourth-order valence-electron chi connectivity index (χ4n) is 2.15. The Labute approximate surface area is 89.4 Å². The summed E-state index contributed by atoms with van der Waals surface area (Å²) in [6, 6.07) is 3.19. The lowest BCUT2D eigenvalue weighted by molar-refractivity contribution is 0.210. The second-order valence-electron chi connectivity index (χ2n) is 4.00. The van der Waals surface area contributed by atoms with Gasteiger partial charge in [0.15, 0.2) is 0 Å². The normalized spacial score (nSPS) is 23.7. The molecule has 2 atom stereocenters. The predicted octanol–water partition coefficient (Wildman–Crippen LogP) is 2.57. The molecule has 1 aliphatic heterocycles. The van der Waals surface area contributed by atoms with Crippen molar-refractivity contribution in [1.29, 1.82) is 0 Å². The molecular weight excluding hydrogens is 193 g/mol. The van der Waals surface area contributed by atoms with E-state index >= 15 is 0 Å². The van der Waals surface area contributed by atoms with E-state index in [0.29, 0.717) is 0 Å². The Bertz CT molecular complexity index is 378. The first-order chi connectivity index (χ1) is 7.13. The van der Waals surface area contributed by atoms with E-state index < -0.39 is 0 Å². The molecule has 0 aromatic heterocycles. The van der Waals surface area contributed by atoms with Crippen LogP contribution < -0.4 is 10.1 Å². The second-order valence-corrected chi connectivity index (χ2v) is 4.00. The zero-order chi connectivity index (χ0) is 11.0. The molecule has 3 heteroatoms. The molecule has 0 bridgehead atoms. The van der Waals surface area contributed by atoms with E-state index in [1.54, 1.807) is 6.07 Å². The third-order valence-electron chi connectivity index (χ3n) is 2.80. The van der Waals surface area contributed by atoms with Crippen LogP contribution >= 0.6 is 0 Å². The summed E-state index contributed by atoms with van der Waals surface area (Å²) in [5, 5.41) is 3.31. The molecule has 2 unspecified atom stereocenters. The number of likely N-dealkylation sites (N-methyl/N-ethyl adjacent to an activating group) is 1. The molecule has 1 aromatic carbocycles. The maximum absolute atomic E-state index is 13.3. The predicted molar refractivity (Wildman–Crippen MR) is 57.6 cm³/mol. The molecule has 1 aliphatic rings. The molecule has 0 saturated heterocycles. The molecule has 2 nitrogen and oxygen atoms in total. The van der Waals surface area contributed by atoms with Crippen LogP contribution in [0.2, 0.25) is 0 Å². The highest BCUT2D eigenvalue weighted by Crippen LogP contribution is 2.39. The number of hydrogen-bond acceptors (Lipinski definition) is 2. The van der Waals surface area contributed by atoms with Crippen LogP contribution in [0.3, 0.4) is 0 Å². The van der Waals surface area contributed by atoms with Crippen LogP contribution in [-0.4, -0.2) is 12.6 Å². The Hall–Kier alpha value is -1.09. The molecule has 82 valence electrons. The van der Waals surface area contributed by atoms with Gasteiger partial charge in [0, 0.05) is 5.56 Å². The molecule has 0 aliphatic carbocycles. The van der Waals surface area contributed by atoms with Gasteiger partial charge in [-0.1, -0.05) is 6.92 Å². The lowest BCUT2D eigenvalue weighted by atomic mass is 10.0. The molecule has 15 heavy (non-hydrogen) atoms. The van der Waals surface area contributed by atoms with Gasteiger partial charge in [0.25, 0.3) is 0 Å². The Morgan fingerprint density at radius 3 is 2.87 bits per heavy atom. The lowest BCUT2D eigenvalue weighted by Gasteiger charge is -2.15. The van der Waals surface area contributed by atoms with Gasteiger partial charge < -0.3 is 10.1 Å². The van der Waals surface area contributed by atoms with Crippen LogP contribution in [0, 0.1) is 12.7 Å². The Morgan fingerprint density at radius 2 is 2.20 bits per heavy atom. The van der Waals surface area contributed by atoms with Crippen LogP contribution in [0.5, 0.6) is 5.75 Å². The van der Waals surface area contributed by atoms with Crippen LogP contribution in [-0.2, 0) is 0 Å². The molecular formula is C12H16FNO. The van der Waals surface area contributed by atoms with Crippen LogP contribution in [0.25, 0.3) is 0 Å². The van der Waals surface area contributed by atoms with Gasteiger partial charge in [0.2, 0.25) is 0 Å². The first-order valence-corrected chi connectivity index (χ1v) is 5.33. The molecule has 0 amide bonds. The number of fused-ring (bicyclic) bond motifs is 1. The van der Waals surface area contributed by atoms with Gasteiger partial charge in [0.05, 0.1) is 6.04 Å². The largest absolute Gasteiger partial charge is 0.488 e. The van der Waals surface area contributed by atoms with Crippen molar-refractivity contribution in [2.45, 2.75) is 32.9 Å². The van der Waals surface area contributed by atoms with E-state index in [0.717, 1.165) is 23.4 Å². The zero-order valence-electron chi connectivity index (χ0n) is 9.30. The summed E-state index contributed by atoms with van der Waals surface area (Å²) in [6.07, 6.45) is 0.0699. The summed E-state index contributed by atoms with van der Waals surface area (Å²) < 4.78 is 19.0. The molecule has 0 saturated carbocycles. The fraction of sp³-hybridized carbons (Fsp3) is 0.500. The molecule has 0 fully saturated rings. The van der Waals surface area contributed by atoms with Crippen LogP contribution in [0.4, 0.5) is 4.39 Å². The van der Waals surface area contributed by atoms with Crippen molar-refractivity contribution in [2.75, 3.05) is 6.54 Å². The van der Waals surface area contributed by atoms with Crippen molar-refractivity contribution in [3.05, 3.63) is 29.1 Å². The molecule has 1 heterocycles. The lowest BCUT2D eigenvalue weighted by Crippen LogP contribution is -2.28. The van der Waals surface area contributed by atoms with Gasteiger partial charge in [-0.05, 0) is 38.1 Å². The number of hydrogen-bond donors (Lipinski definition) is 1. The van der Waals surface area contributed by atoms with Crippen molar-refractivity contribution >= 4 is 0 Å². The minimum absolute atomic E-state index is 0.0699. The molecule has 0 radical (unpaired) electrons. The topological polar surface area (TPSA) is 21.3 Å². The monoisotopic (exact) mass is 209 g/mol. The average molecular weight is 209 g/mol. The number of ether oxygens (including phenoxy) is 1. The van der Waals surface area contributed by atoms with E-state index in [2.05, 4.69) is 5.32 Å². The first kappa shape index (κ1) is 10.4. The van der Waals surface area contributed by atoms with Crippen LogP contribution in [0.1, 0.15) is 31.0 Å². The maximum atomic E-state index is 13.3. The summed E-state index contributed by atoms with van der Waals surface area (Å²) in [6.45, 7) is 6.78. The van der Waals surface area contributed by atoms with Crippen molar-refractivity contribution in [1.82, 2.24) is 5.32 Å². The third-order valence-corrected chi connectivity index (χ3v) is 2.80. The quantitative estimate of drug-likeness (QED) is 0.808. The summed E-state index contributed by atoms with van der Waals surface area (Å²) in [7, 11) is 0. The summed E-state index contributed by atoms with van der Waals surface area (Å²) in [5.74, 6) is 0.654. The molecule has 1 aromatic rings. The summed E-state index contributed by atoms with van der Waals surface area (Å²) in [5.41, 5.74) is 1.82. The number of aryl methyl sites for hydroxylation is 1. The van der Waals surface area contributed by atoms with Gasteiger partial charge in [-0.3, -0.25) is 0 Å². The molecule has 2 rings (SSSR count). The van der Waals surface area contributed by atoms with E-state index in [4.69, 9.17) is 4.74 Å². The Morgan fingerprint density at radius 1 is 1.47 bits per heavy atom. The summed E-state index contributed by atoms with van der Waals surface area (Å²) >= 11 is 0. The van der Waals surface area contributed by atoms with Gasteiger partial charge >= 0.3 is 0 Å². The smallest absolute Gasteiger partial charge is 0.127 e. The van der Waals surface area contributed by atoms with E-state index in [9.17, 15) is 4.39 Å². The van der Waals surface area contributed by atoms with Crippen molar-refractivity contribution in [3.63, 3.8) is 0 Å². The SMILES string of the molecule is CCNC1c2cc(F)cc(C)c2OC1C. The van der Waals surface area contributed by atoms with Gasteiger partial charge in [-0.25, -0.2) is 4.39 Å². The first-order valence-electron chi connectivity index (χ1n) is 5.33. The zero-order valence-corrected chi connectivity index (χ0v) is 9.30. The highest BCUT2D eigenvalue weighted by atomic mass is 19.1. The third kappa shape index (κ3) is 1.72. The minimum atomic E-state index is -0.188. The van der Waals surface area contributed by atoms with E-state index in [-0.39, 0.29) is 18.0 Å². The van der Waals surface area contributed by atoms with E-state index in [1.807, 2.05) is 20.8 Å². The highest BCUT2D eigenvalue weighted by molar-refractivity contribution is 5.46. The average Bonchev–Trinajstić information content (AvgIpc) is 2.46.